The molecule has 0 amide bonds. The van der Waals surface area contributed by atoms with Crippen molar-refractivity contribution >= 4 is 21.7 Å². The van der Waals surface area contributed by atoms with Gasteiger partial charge in [-0.3, -0.25) is 0 Å². The molecule has 92 valence electrons. The third-order valence-electron chi connectivity index (χ3n) is 2.97. The molecule has 1 saturated carbocycles. The van der Waals surface area contributed by atoms with Gasteiger partial charge in [0.15, 0.2) is 5.82 Å². The maximum atomic E-state index is 12.9. The lowest BCUT2D eigenvalue weighted by atomic mass is 10.2. The largest absolute Gasteiger partial charge is 0.383 e. The topological polar surface area (TPSA) is 51.8 Å². The number of hydrogen-bond acceptors (Lipinski definition) is 3. The van der Waals surface area contributed by atoms with Gasteiger partial charge in [0.2, 0.25) is 0 Å². The van der Waals surface area contributed by atoms with Crippen LogP contribution in [0.5, 0.6) is 0 Å². The monoisotopic (exact) mass is 307 g/mol. The molecule has 5 heteroatoms. The normalized spacial score (nSPS) is 14.8. The second-order valence-electron chi connectivity index (χ2n) is 4.41. The zero-order chi connectivity index (χ0) is 12.7. The minimum absolute atomic E-state index is 0.272. The number of nitrogens with two attached hydrogens (primary N) is 1. The molecule has 3 nitrogen and oxygen atoms in total. The summed E-state index contributed by atoms with van der Waals surface area (Å²) < 4.78 is 13.7. The molecule has 0 aliphatic heterocycles. The number of hydrogen-bond donors (Lipinski definition) is 1. The van der Waals surface area contributed by atoms with E-state index in [4.69, 9.17) is 5.73 Å². The van der Waals surface area contributed by atoms with E-state index < -0.39 is 0 Å². The first-order valence-corrected chi connectivity index (χ1v) is 6.53. The summed E-state index contributed by atoms with van der Waals surface area (Å²) in [6, 6.07) is 6.12. The van der Waals surface area contributed by atoms with Crippen molar-refractivity contribution < 1.29 is 4.39 Å². The molecule has 18 heavy (non-hydrogen) atoms. The van der Waals surface area contributed by atoms with E-state index >= 15 is 0 Å². The third kappa shape index (κ3) is 2.10. The first-order valence-electron chi connectivity index (χ1n) is 5.74. The lowest BCUT2D eigenvalue weighted by Crippen LogP contribution is -2.02. The van der Waals surface area contributed by atoms with Crippen molar-refractivity contribution in [3.63, 3.8) is 0 Å². The van der Waals surface area contributed by atoms with Crippen LogP contribution in [0, 0.1) is 5.82 Å². The van der Waals surface area contributed by atoms with E-state index in [9.17, 15) is 4.39 Å². The van der Waals surface area contributed by atoms with Gasteiger partial charge in [-0.2, -0.15) is 0 Å². The van der Waals surface area contributed by atoms with Crippen molar-refractivity contribution in [3.8, 4) is 11.4 Å². The van der Waals surface area contributed by atoms with Crippen molar-refractivity contribution in [3.05, 3.63) is 40.2 Å². The van der Waals surface area contributed by atoms with Gasteiger partial charge in [-0.15, -0.1) is 0 Å². The standard InChI is InChI=1S/C13H11BrFN3/c14-10-11(7-1-2-7)17-13(18-12(10)16)8-3-5-9(15)6-4-8/h3-7H,1-2H2,(H2,16,17,18). The smallest absolute Gasteiger partial charge is 0.161 e. The van der Waals surface area contributed by atoms with Crippen molar-refractivity contribution in [1.82, 2.24) is 9.97 Å². The maximum absolute atomic E-state index is 12.9. The molecule has 1 fully saturated rings. The SMILES string of the molecule is Nc1nc(-c2ccc(F)cc2)nc(C2CC2)c1Br. The Labute approximate surface area is 112 Å². The zero-order valence-electron chi connectivity index (χ0n) is 9.53. The average molecular weight is 308 g/mol. The molecular formula is C13H11BrFN3. The predicted molar refractivity (Wildman–Crippen MR) is 71.5 cm³/mol. The number of rotatable bonds is 2. The van der Waals surface area contributed by atoms with Gasteiger partial charge in [0.05, 0.1) is 10.2 Å². The lowest BCUT2D eigenvalue weighted by Gasteiger charge is -2.08. The van der Waals surface area contributed by atoms with Crippen LogP contribution in [0.15, 0.2) is 28.7 Å². The van der Waals surface area contributed by atoms with E-state index in [0.29, 0.717) is 17.6 Å². The second kappa shape index (κ2) is 4.31. The molecule has 2 aromatic rings. The summed E-state index contributed by atoms with van der Waals surface area (Å²) in [6.07, 6.45) is 2.27. The van der Waals surface area contributed by atoms with Gasteiger partial charge >= 0.3 is 0 Å². The molecule has 1 aromatic carbocycles. The first kappa shape index (κ1) is 11.6. The Morgan fingerprint density at radius 2 is 1.83 bits per heavy atom. The zero-order valence-corrected chi connectivity index (χ0v) is 11.1. The molecule has 0 unspecified atom stereocenters. The van der Waals surface area contributed by atoms with Crippen LogP contribution in [-0.4, -0.2) is 9.97 Å². The van der Waals surface area contributed by atoms with E-state index in [1.54, 1.807) is 12.1 Å². The fourth-order valence-electron chi connectivity index (χ4n) is 1.84. The predicted octanol–water partition coefficient (Wildman–Crippen LogP) is 3.50. The van der Waals surface area contributed by atoms with Crippen LogP contribution in [0.1, 0.15) is 24.5 Å². The van der Waals surface area contributed by atoms with Crippen molar-refractivity contribution in [2.75, 3.05) is 5.73 Å². The highest BCUT2D eigenvalue weighted by molar-refractivity contribution is 9.10. The minimum Gasteiger partial charge on any atom is -0.383 e. The number of aromatic nitrogens is 2. The van der Waals surface area contributed by atoms with Gasteiger partial charge in [0, 0.05) is 11.5 Å². The summed E-state index contributed by atoms with van der Waals surface area (Å²) in [5, 5.41) is 0. The minimum atomic E-state index is -0.272. The van der Waals surface area contributed by atoms with E-state index in [1.807, 2.05) is 0 Å². The average Bonchev–Trinajstić information content (AvgIpc) is 3.18. The Morgan fingerprint density at radius 3 is 2.44 bits per heavy atom. The van der Waals surface area contributed by atoms with Gasteiger partial charge in [-0.1, -0.05) is 0 Å². The molecule has 1 aliphatic carbocycles. The van der Waals surface area contributed by atoms with Crippen molar-refractivity contribution in [1.29, 1.82) is 0 Å². The van der Waals surface area contributed by atoms with E-state index in [2.05, 4.69) is 25.9 Å². The Kier molecular flexibility index (Phi) is 2.78. The Bertz CT molecular complexity index is 594. The van der Waals surface area contributed by atoms with Crippen LogP contribution in [0.3, 0.4) is 0 Å². The fraction of sp³-hybridized carbons (Fsp3) is 0.231. The Balaban J connectivity index is 2.09. The Hall–Kier alpha value is -1.49. The highest BCUT2D eigenvalue weighted by atomic mass is 79.9. The maximum Gasteiger partial charge on any atom is 0.161 e. The molecule has 1 aromatic heterocycles. The van der Waals surface area contributed by atoms with E-state index in [0.717, 1.165) is 28.6 Å². The van der Waals surface area contributed by atoms with Gasteiger partial charge in [-0.05, 0) is 53.0 Å². The molecule has 0 saturated heterocycles. The molecule has 0 bridgehead atoms. The van der Waals surface area contributed by atoms with E-state index in [-0.39, 0.29) is 5.82 Å². The summed E-state index contributed by atoms with van der Waals surface area (Å²) in [7, 11) is 0. The van der Waals surface area contributed by atoms with Crippen LogP contribution in [0.2, 0.25) is 0 Å². The number of nitrogens with zero attached hydrogens (tertiary/aromatic N) is 2. The summed E-state index contributed by atoms with van der Waals surface area (Å²) in [4.78, 5) is 8.78. The summed E-state index contributed by atoms with van der Waals surface area (Å²) in [6.45, 7) is 0. The molecule has 0 radical (unpaired) electrons. The fourth-order valence-corrected chi connectivity index (χ4v) is 2.34. The van der Waals surface area contributed by atoms with Crippen LogP contribution in [0.25, 0.3) is 11.4 Å². The highest BCUT2D eigenvalue weighted by Gasteiger charge is 2.29. The molecule has 1 aliphatic rings. The van der Waals surface area contributed by atoms with Crippen molar-refractivity contribution in [2.24, 2.45) is 0 Å². The lowest BCUT2D eigenvalue weighted by molar-refractivity contribution is 0.628. The number of anilines is 1. The third-order valence-corrected chi connectivity index (χ3v) is 3.78. The first-order chi connectivity index (χ1) is 8.65. The molecule has 0 atom stereocenters. The quantitative estimate of drug-likeness (QED) is 0.923. The Morgan fingerprint density at radius 1 is 1.17 bits per heavy atom. The van der Waals surface area contributed by atoms with Gasteiger partial charge in [0.25, 0.3) is 0 Å². The van der Waals surface area contributed by atoms with Crippen molar-refractivity contribution in [2.45, 2.75) is 18.8 Å². The highest BCUT2D eigenvalue weighted by Crippen LogP contribution is 2.43. The summed E-state index contributed by atoms with van der Waals surface area (Å²) >= 11 is 3.43. The number of nitrogen functional groups attached to an aromatic ring is 1. The second-order valence-corrected chi connectivity index (χ2v) is 5.21. The molecule has 2 N–H and O–H groups in total. The van der Waals surface area contributed by atoms with Crippen LogP contribution in [0.4, 0.5) is 10.2 Å². The summed E-state index contributed by atoms with van der Waals surface area (Å²) in [5.74, 6) is 1.19. The van der Waals surface area contributed by atoms with Gasteiger partial charge in [-0.25, -0.2) is 14.4 Å². The van der Waals surface area contributed by atoms with Gasteiger partial charge < -0.3 is 5.73 Å². The van der Waals surface area contributed by atoms with Crippen LogP contribution < -0.4 is 5.73 Å². The molecule has 1 heterocycles. The summed E-state index contributed by atoms with van der Waals surface area (Å²) in [5.41, 5.74) is 7.62. The molecule has 0 spiro atoms. The number of benzene rings is 1. The van der Waals surface area contributed by atoms with Gasteiger partial charge in [0.1, 0.15) is 11.6 Å². The van der Waals surface area contributed by atoms with Crippen LogP contribution >= 0.6 is 15.9 Å². The molecular weight excluding hydrogens is 297 g/mol. The van der Waals surface area contributed by atoms with E-state index in [1.165, 1.54) is 12.1 Å². The molecule has 3 rings (SSSR count). The number of halogens is 2. The van der Waals surface area contributed by atoms with Crippen LogP contribution in [-0.2, 0) is 0 Å².